The van der Waals surface area contributed by atoms with Crippen molar-refractivity contribution >= 4 is 32.6 Å². The second-order valence-electron chi connectivity index (χ2n) is 6.81. The molecule has 1 unspecified atom stereocenters. The molecule has 1 saturated heterocycles. The van der Waals surface area contributed by atoms with Gasteiger partial charge in [0.2, 0.25) is 0 Å². The highest BCUT2D eigenvalue weighted by Crippen LogP contribution is 2.34. The number of para-hydroxylation sites is 1. The molecular weight excluding hydrogens is 388 g/mol. The van der Waals surface area contributed by atoms with Crippen molar-refractivity contribution in [2.45, 2.75) is 25.9 Å². The molecule has 0 saturated carbocycles. The van der Waals surface area contributed by atoms with E-state index >= 15 is 0 Å². The van der Waals surface area contributed by atoms with Crippen molar-refractivity contribution in [3.63, 3.8) is 0 Å². The fraction of sp³-hybridized carbons (Fsp3) is 0.364. The van der Waals surface area contributed by atoms with Gasteiger partial charge in [-0.1, -0.05) is 23.5 Å². The Morgan fingerprint density at radius 1 is 1.31 bits per heavy atom. The van der Waals surface area contributed by atoms with E-state index in [1.807, 2.05) is 37.3 Å². The van der Waals surface area contributed by atoms with E-state index in [1.54, 1.807) is 24.1 Å². The third kappa shape index (κ3) is 4.21. The van der Waals surface area contributed by atoms with E-state index < -0.39 is 0 Å². The molecule has 0 bridgehead atoms. The number of amides is 1. The summed E-state index contributed by atoms with van der Waals surface area (Å²) >= 11 is 1.48. The fourth-order valence-electron chi connectivity index (χ4n) is 3.47. The lowest BCUT2D eigenvalue weighted by Crippen LogP contribution is -2.37. The predicted octanol–water partition coefficient (Wildman–Crippen LogP) is 4.53. The van der Waals surface area contributed by atoms with Crippen molar-refractivity contribution in [2.24, 2.45) is 0 Å². The van der Waals surface area contributed by atoms with Crippen LogP contribution in [0.25, 0.3) is 10.2 Å². The highest BCUT2D eigenvalue weighted by molar-refractivity contribution is 7.22. The van der Waals surface area contributed by atoms with Crippen molar-refractivity contribution in [1.29, 1.82) is 0 Å². The van der Waals surface area contributed by atoms with E-state index in [4.69, 9.17) is 19.2 Å². The molecule has 0 aliphatic carbocycles. The minimum absolute atomic E-state index is 0.0136. The van der Waals surface area contributed by atoms with Crippen LogP contribution in [0, 0.1) is 0 Å². The van der Waals surface area contributed by atoms with Crippen LogP contribution < -0.4 is 14.4 Å². The molecule has 4 rings (SSSR count). The number of methoxy groups -OCH3 is 1. The maximum Gasteiger partial charge on any atom is 0.263 e. The van der Waals surface area contributed by atoms with Crippen molar-refractivity contribution in [1.82, 2.24) is 4.98 Å². The summed E-state index contributed by atoms with van der Waals surface area (Å²) in [6, 6.07) is 13.1. The SMILES string of the molecule is CCOc1ccc2nc(N(CC3CCCO3)C(=O)c3ccccc3OC)sc2c1. The molecule has 1 aromatic heterocycles. The summed E-state index contributed by atoms with van der Waals surface area (Å²) in [5, 5.41) is 0.653. The van der Waals surface area contributed by atoms with Gasteiger partial charge in [-0.3, -0.25) is 9.69 Å². The average Bonchev–Trinajstić information content (AvgIpc) is 3.41. The van der Waals surface area contributed by atoms with Crippen LogP contribution in [-0.4, -0.2) is 43.9 Å². The van der Waals surface area contributed by atoms with Crippen LogP contribution in [0.5, 0.6) is 11.5 Å². The van der Waals surface area contributed by atoms with Gasteiger partial charge in [0, 0.05) is 6.61 Å². The van der Waals surface area contributed by atoms with Crippen molar-refractivity contribution < 1.29 is 19.0 Å². The summed E-state index contributed by atoms with van der Waals surface area (Å²) in [5.41, 5.74) is 1.36. The molecule has 1 fully saturated rings. The van der Waals surface area contributed by atoms with Gasteiger partial charge in [-0.15, -0.1) is 0 Å². The molecule has 1 aliphatic rings. The van der Waals surface area contributed by atoms with E-state index in [1.165, 1.54) is 11.3 Å². The van der Waals surface area contributed by atoms with Gasteiger partial charge >= 0.3 is 0 Å². The zero-order valence-electron chi connectivity index (χ0n) is 16.6. The van der Waals surface area contributed by atoms with E-state index in [0.29, 0.717) is 29.6 Å². The molecule has 0 N–H and O–H groups in total. The number of rotatable bonds is 7. The Kier molecular flexibility index (Phi) is 5.97. The Bertz CT molecular complexity index is 997. The summed E-state index contributed by atoms with van der Waals surface area (Å²) in [4.78, 5) is 19.9. The third-order valence-corrected chi connectivity index (χ3v) is 5.92. The van der Waals surface area contributed by atoms with Crippen LogP contribution in [-0.2, 0) is 4.74 Å². The molecule has 1 atom stereocenters. The molecular formula is C22H24N2O4S. The standard InChI is InChI=1S/C22H24N2O4S/c1-3-27-15-10-11-18-20(13-15)29-22(23-18)24(14-16-7-6-12-28-16)21(25)17-8-4-5-9-19(17)26-2/h4-5,8-11,13,16H,3,6-7,12,14H2,1-2H3. The zero-order chi connectivity index (χ0) is 20.2. The first-order chi connectivity index (χ1) is 14.2. The molecule has 7 heteroatoms. The Labute approximate surface area is 174 Å². The van der Waals surface area contributed by atoms with Gasteiger partial charge < -0.3 is 14.2 Å². The third-order valence-electron chi connectivity index (χ3n) is 4.88. The lowest BCUT2D eigenvalue weighted by atomic mass is 10.1. The van der Waals surface area contributed by atoms with Gasteiger partial charge in [0.05, 0.1) is 42.1 Å². The molecule has 2 heterocycles. The molecule has 0 spiro atoms. The summed E-state index contributed by atoms with van der Waals surface area (Å²) in [7, 11) is 1.57. The second-order valence-corrected chi connectivity index (χ2v) is 7.82. The largest absolute Gasteiger partial charge is 0.496 e. The summed E-state index contributed by atoms with van der Waals surface area (Å²) in [6.07, 6.45) is 1.97. The first-order valence-corrected chi connectivity index (χ1v) is 10.6. The number of hydrogen-bond donors (Lipinski definition) is 0. The number of aromatic nitrogens is 1. The summed E-state index contributed by atoms with van der Waals surface area (Å²) in [5.74, 6) is 1.22. The highest BCUT2D eigenvalue weighted by atomic mass is 32.1. The first kappa shape index (κ1) is 19.7. The van der Waals surface area contributed by atoms with Gasteiger partial charge in [0.25, 0.3) is 5.91 Å². The van der Waals surface area contributed by atoms with Crippen molar-refractivity contribution in [3.8, 4) is 11.5 Å². The maximum absolute atomic E-state index is 13.5. The first-order valence-electron chi connectivity index (χ1n) is 9.79. The van der Waals surface area contributed by atoms with E-state index in [-0.39, 0.29) is 12.0 Å². The second kappa shape index (κ2) is 8.80. The highest BCUT2D eigenvalue weighted by Gasteiger charge is 2.28. The van der Waals surface area contributed by atoms with Gasteiger partial charge in [-0.05, 0) is 50.1 Å². The number of ether oxygens (including phenoxy) is 3. The number of nitrogens with zero attached hydrogens (tertiary/aromatic N) is 2. The minimum Gasteiger partial charge on any atom is -0.496 e. The topological polar surface area (TPSA) is 60.9 Å². The van der Waals surface area contributed by atoms with Crippen LogP contribution >= 0.6 is 11.3 Å². The van der Waals surface area contributed by atoms with Crippen LogP contribution in [0.1, 0.15) is 30.1 Å². The molecule has 1 amide bonds. The molecule has 152 valence electrons. The van der Waals surface area contributed by atoms with Crippen LogP contribution in [0.3, 0.4) is 0 Å². The summed E-state index contributed by atoms with van der Waals surface area (Å²) in [6.45, 7) is 3.76. The van der Waals surface area contributed by atoms with Crippen LogP contribution in [0.2, 0.25) is 0 Å². The van der Waals surface area contributed by atoms with Crippen LogP contribution in [0.15, 0.2) is 42.5 Å². The number of carbonyl (C=O) groups excluding carboxylic acids is 1. The van der Waals surface area contributed by atoms with Crippen molar-refractivity contribution in [2.75, 3.05) is 31.8 Å². The summed E-state index contributed by atoms with van der Waals surface area (Å²) < 4.78 is 17.8. The number of fused-ring (bicyclic) bond motifs is 1. The molecule has 3 aromatic rings. The molecule has 1 aliphatic heterocycles. The zero-order valence-corrected chi connectivity index (χ0v) is 17.4. The van der Waals surface area contributed by atoms with Crippen LogP contribution in [0.4, 0.5) is 5.13 Å². The van der Waals surface area contributed by atoms with E-state index in [9.17, 15) is 4.79 Å². The monoisotopic (exact) mass is 412 g/mol. The Balaban J connectivity index is 1.71. The fourth-order valence-corrected chi connectivity index (χ4v) is 4.47. The Morgan fingerprint density at radius 2 is 2.17 bits per heavy atom. The van der Waals surface area contributed by atoms with Crippen molar-refractivity contribution in [3.05, 3.63) is 48.0 Å². The number of hydrogen-bond acceptors (Lipinski definition) is 6. The number of anilines is 1. The van der Waals surface area contributed by atoms with Gasteiger partial charge in [0.1, 0.15) is 11.5 Å². The van der Waals surface area contributed by atoms with Gasteiger partial charge in [-0.2, -0.15) is 0 Å². The van der Waals surface area contributed by atoms with E-state index in [0.717, 1.165) is 35.4 Å². The maximum atomic E-state index is 13.5. The lowest BCUT2D eigenvalue weighted by Gasteiger charge is -2.23. The smallest absolute Gasteiger partial charge is 0.263 e. The Morgan fingerprint density at radius 3 is 2.93 bits per heavy atom. The molecule has 2 aromatic carbocycles. The predicted molar refractivity (Wildman–Crippen MR) is 114 cm³/mol. The molecule has 29 heavy (non-hydrogen) atoms. The quantitative estimate of drug-likeness (QED) is 0.571. The van der Waals surface area contributed by atoms with Gasteiger partial charge in [-0.25, -0.2) is 4.98 Å². The molecule has 0 radical (unpaired) electrons. The number of benzene rings is 2. The lowest BCUT2D eigenvalue weighted by molar-refractivity contribution is 0.0915. The number of carbonyl (C=O) groups is 1. The van der Waals surface area contributed by atoms with Gasteiger partial charge in [0.15, 0.2) is 5.13 Å². The van der Waals surface area contributed by atoms with E-state index in [2.05, 4.69) is 0 Å². The average molecular weight is 413 g/mol. The minimum atomic E-state index is -0.137. The molecule has 6 nitrogen and oxygen atoms in total. The normalized spacial score (nSPS) is 16.1. The number of thiazole rings is 1. The Hall–Kier alpha value is -2.64.